The van der Waals surface area contributed by atoms with E-state index >= 15 is 0 Å². The lowest BCUT2D eigenvalue weighted by molar-refractivity contribution is -0.293. The zero-order valence-electron chi connectivity index (χ0n) is 22.5. The van der Waals surface area contributed by atoms with Crippen molar-refractivity contribution in [2.45, 2.75) is 102 Å². The van der Waals surface area contributed by atoms with Gasteiger partial charge in [0.25, 0.3) is 0 Å². The predicted molar refractivity (Wildman–Crippen MR) is 131 cm³/mol. The van der Waals surface area contributed by atoms with Crippen LogP contribution in [0.1, 0.15) is 65.2 Å². The van der Waals surface area contributed by atoms with Gasteiger partial charge in [-0.15, -0.1) is 0 Å². The van der Waals surface area contributed by atoms with Crippen molar-refractivity contribution in [2.75, 3.05) is 13.7 Å². The molecule has 0 spiro atoms. The van der Waals surface area contributed by atoms with Gasteiger partial charge in [0.1, 0.15) is 30.7 Å². The first kappa shape index (κ1) is 28.1. The Hall–Kier alpha value is -1.43. The summed E-state index contributed by atoms with van der Waals surface area (Å²) in [5.41, 5.74) is -0.575. The topological polar surface area (TPSA) is 160 Å². The molecule has 13 atom stereocenters. The molecule has 10 nitrogen and oxygen atoms in total. The highest BCUT2D eigenvalue weighted by Crippen LogP contribution is 2.66. The Bertz CT molecular complexity index is 954. The van der Waals surface area contributed by atoms with Gasteiger partial charge in [0.05, 0.1) is 13.2 Å². The lowest BCUT2D eigenvalue weighted by atomic mass is 9.44. The molecule has 0 bridgehead atoms. The number of methoxy groups -OCH3 is 1. The molecule has 1 heterocycles. The van der Waals surface area contributed by atoms with Crippen molar-refractivity contribution in [3.63, 3.8) is 0 Å². The number of ketones is 2. The number of rotatable bonds is 5. The van der Waals surface area contributed by atoms with E-state index < -0.39 is 48.7 Å². The maximum absolute atomic E-state index is 13.8. The van der Waals surface area contributed by atoms with Crippen molar-refractivity contribution in [3.8, 4) is 0 Å². The lowest BCUT2D eigenvalue weighted by Gasteiger charge is -2.59. The summed E-state index contributed by atoms with van der Waals surface area (Å²) < 4.78 is 15.5. The molecular formula is C28H42O10. The van der Waals surface area contributed by atoms with Crippen LogP contribution in [-0.4, -0.2) is 88.5 Å². The number of Topliss-reactive ketones (excluding diaryl/α,β-unsaturated/α-hetero) is 2. The molecule has 4 saturated carbocycles. The molecule has 0 radical (unpaired) electrons. The SMILES string of the molecule is COC(=O)[C@@H]1O[C@H](OCC(=O)[C@@H]2CC[C@@H]3[C@@H]4CC[C@@H]5C[C@H](O)CC[C@]5(C)[C@H]4C(=O)C[C@]32C)[C@@H](O)[C@H](O)[C@H]1O. The first-order chi connectivity index (χ1) is 17.9. The van der Waals surface area contributed by atoms with Crippen LogP contribution in [0.2, 0.25) is 0 Å². The highest BCUT2D eigenvalue weighted by atomic mass is 16.7. The third-order valence-corrected chi connectivity index (χ3v) is 11.1. The minimum absolute atomic E-state index is 0.0223. The molecule has 10 heteroatoms. The molecule has 5 fully saturated rings. The van der Waals surface area contributed by atoms with Crippen molar-refractivity contribution < 1.29 is 49.0 Å². The molecule has 38 heavy (non-hydrogen) atoms. The molecule has 4 N–H and O–H groups in total. The molecule has 1 saturated heterocycles. The first-order valence-corrected chi connectivity index (χ1v) is 14.0. The van der Waals surface area contributed by atoms with Crippen LogP contribution in [0, 0.1) is 40.4 Å². The van der Waals surface area contributed by atoms with Crippen molar-refractivity contribution in [1.29, 1.82) is 0 Å². The molecule has 1 aliphatic heterocycles. The van der Waals surface area contributed by atoms with E-state index in [0.717, 1.165) is 45.6 Å². The maximum atomic E-state index is 13.8. The van der Waals surface area contributed by atoms with Gasteiger partial charge in [-0.25, -0.2) is 4.79 Å². The summed E-state index contributed by atoms with van der Waals surface area (Å²) in [7, 11) is 1.10. The third kappa shape index (κ3) is 4.36. The van der Waals surface area contributed by atoms with Crippen LogP contribution < -0.4 is 0 Å². The number of esters is 1. The molecule has 0 aromatic rings. The Morgan fingerprint density at radius 3 is 2.42 bits per heavy atom. The van der Waals surface area contributed by atoms with Crippen LogP contribution in [0.4, 0.5) is 0 Å². The summed E-state index contributed by atoms with van der Waals surface area (Å²) in [5, 5.41) is 40.8. The summed E-state index contributed by atoms with van der Waals surface area (Å²) in [6.45, 7) is 3.89. The monoisotopic (exact) mass is 538 g/mol. The normalized spacial score (nSPS) is 50.5. The van der Waals surface area contributed by atoms with Gasteiger partial charge in [0.15, 0.2) is 18.2 Å². The van der Waals surface area contributed by atoms with E-state index in [1.165, 1.54) is 0 Å². The van der Waals surface area contributed by atoms with Gasteiger partial charge in [-0.1, -0.05) is 13.8 Å². The van der Waals surface area contributed by atoms with Gasteiger partial charge < -0.3 is 34.6 Å². The zero-order chi connectivity index (χ0) is 27.6. The van der Waals surface area contributed by atoms with Crippen molar-refractivity contribution in [3.05, 3.63) is 0 Å². The van der Waals surface area contributed by atoms with Gasteiger partial charge in [-0.05, 0) is 73.5 Å². The molecule has 5 aliphatic rings. The van der Waals surface area contributed by atoms with E-state index in [2.05, 4.69) is 18.6 Å². The second-order valence-corrected chi connectivity index (χ2v) is 12.9. The number of aliphatic hydroxyl groups excluding tert-OH is 4. The van der Waals surface area contributed by atoms with Crippen LogP contribution in [0.5, 0.6) is 0 Å². The summed E-state index contributed by atoms with van der Waals surface area (Å²) in [4.78, 5) is 39.2. The van der Waals surface area contributed by atoms with E-state index in [4.69, 9.17) is 9.47 Å². The summed E-state index contributed by atoms with van der Waals surface area (Å²) >= 11 is 0. The molecular weight excluding hydrogens is 496 g/mol. The van der Waals surface area contributed by atoms with Gasteiger partial charge in [0.2, 0.25) is 0 Å². The Morgan fingerprint density at radius 1 is 0.974 bits per heavy atom. The van der Waals surface area contributed by atoms with Crippen molar-refractivity contribution >= 4 is 17.5 Å². The standard InChI is InChI=1S/C28H42O10/c1-27-9-8-14(29)10-13(27)4-5-15-16-6-7-17(28(16,2)11-18(30)20(15)27)19(31)12-37-26-23(34)21(32)22(33)24(38-26)25(35)36-3/h13-17,20-24,26,29,32-34H,4-12H2,1-3H3/t13-,14-,15+,16-,17+,20-,21-,22-,23+,24-,26+,27+,28-/m1/s1. The summed E-state index contributed by atoms with van der Waals surface area (Å²) in [5.74, 6) is -0.457. The number of carbonyl (C=O) groups excluding carboxylic acids is 3. The van der Waals surface area contributed by atoms with Gasteiger partial charge >= 0.3 is 5.97 Å². The largest absolute Gasteiger partial charge is 0.467 e. The number of ether oxygens (including phenoxy) is 3. The minimum atomic E-state index is -1.72. The fourth-order valence-corrected chi connectivity index (χ4v) is 9.14. The molecule has 0 unspecified atom stereocenters. The van der Waals surface area contributed by atoms with E-state index in [0.29, 0.717) is 18.8 Å². The van der Waals surface area contributed by atoms with Crippen LogP contribution in [0.15, 0.2) is 0 Å². The number of carbonyl (C=O) groups is 3. The smallest absolute Gasteiger partial charge is 0.337 e. The quantitative estimate of drug-likeness (QED) is 0.368. The zero-order valence-corrected chi connectivity index (χ0v) is 22.5. The number of fused-ring (bicyclic) bond motifs is 5. The van der Waals surface area contributed by atoms with Crippen LogP contribution >= 0.6 is 0 Å². The Kier molecular flexibility index (Phi) is 7.54. The molecule has 214 valence electrons. The molecule has 0 aromatic carbocycles. The van der Waals surface area contributed by atoms with E-state index in [9.17, 15) is 34.8 Å². The summed E-state index contributed by atoms with van der Waals surface area (Å²) in [6, 6.07) is 0. The third-order valence-electron chi connectivity index (χ3n) is 11.1. The Balaban J connectivity index is 1.27. The lowest BCUT2D eigenvalue weighted by Crippen LogP contribution is -2.60. The highest BCUT2D eigenvalue weighted by molar-refractivity contribution is 5.88. The minimum Gasteiger partial charge on any atom is -0.467 e. The number of hydrogen-bond donors (Lipinski definition) is 4. The van der Waals surface area contributed by atoms with Gasteiger partial charge in [0, 0.05) is 18.3 Å². The highest BCUT2D eigenvalue weighted by Gasteiger charge is 2.64. The molecule has 0 amide bonds. The average Bonchev–Trinajstić information content (AvgIpc) is 3.23. The maximum Gasteiger partial charge on any atom is 0.337 e. The first-order valence-electron chi connectivity index (χ1n) is 14.0. The van der Waals surface area contributed by atoms with E-state index in [1.54, 1.807) is 0 Å². The summed E-state index contributed by atoms with van der Waals surface area (Å²) in [6.07, 6.45) is -2.24. The van der Waals surface area contributed by atoms with Gasteiger partial charge in [-0.3, -0.25) is 9.59 Å². The second-order valence-electron chi connectivity index (χ2n) is 12.9. The Morgan fingerprint density at radius 2 is 1.71 bits per heavy atom. The number of aliphatic hydroxyl groups is 4. The fourth-order valence-electron chi connectivity index (χ4n) is 9.14. The van der Waals surface area contributed by atoms with Gasteiger partial charge in [-0.2, -0.15) is 0 Å². The molecule has 0 aromatic heterocycles. The van der Waals surface area contributed by atoms with E-state index in [-0.39, 0.29) is 46.8 Å². The molecule has 5 rings (SSSR count). The van der Waals surface area contributed by atoms with Crippen LogP contribution in [-0.2, 0) is 28.6 Å². The van der Waals surface area contributed by atoms with Crippen molar-refractivity contribution in [2.24, 2.45) is 40.4 Å². The predicted octanol–water partition coefficient (Wildman–Crippen LogP) is 0.752. The fraction of sp³-hybridized carbons (Fsp3) is 0.893. The van der Waals surface area contributed by atoms with Crippen LogP contribution in [0.3, 0.4) is 0 Å². The second kappa shape index (κ2) is 10.2. The average molecular weight is 539 g/mol. The Labute approximate surface area is 223 Å². The van der Waals surface area contributed by atoms with Crippen molar-refractivity contribution in [1.82, 2.24) is 0 Å². The molecule has 4 aliphatic carbocycles. The van der Waals surface area contributed by atoms with Crippen LogP contribution in [0.25, 0.3) is 0 Å². The van der Waals surface area contributed by atoms with E-state index in [1.807, 2.05) is 0 Å². The number of hydrogen-bond acceptors (Lipinski definition) is 10.